The highest BCUT2D eigenvalue weighted by Gasteiger charge is 2.55. The maximum atomic E-state index is 6.41. The van der Waals surface area contributed by atoms with Crippen LogP contribution < -0.4 is 5.32 Å². The van der Waals surface area contributed by atoms with E-state index in [9.17, 15) is 0 Å². The van der Waals surface area contributed by atoms with Gasteiger partial charge >= 0.3 is 0 Å². The Morgan fingerprint density at radius 1 is 1.17 bits per heavy atom. The normalized spacial score (nSPS) is 38.4. The van der Waals surface area contributed by atoms with Gasteiger partial charge in [-0.05, 0) is 29.9 Å². The molecule has 0 amide bonds. The zero-order valence-corrected chi connectivity index (χ0v) is 15.3. The lowest BCUT2D eigenvalue weighted by atomic mass is 9.64. The molecule has 0 spiro atoms. The number of nitrogens with one attached hydrogen (secondary N) is 1. The molecule has 0 saturated carbocycles. The summed E-state index contributed by atoms with van der Waals surface area (Å²) < 4.78 is 6.41. The summed E-state index contributed by atoms with van der Waals surface area (Å²) in [5.41, 5.74) is 2.91. The molecule has 2 unspecified atom stereocenters. The van der Waals surface area contributed by atoms with Crippen molar-refractivity contribution in [2.75, 3.05) is 6.61 Å². The third-order valence-corrected chi connectivity index (χ3v) is 6.27. The molecule has 0 bridgehead atoms. The molecule has 1 N–H and O–H groups in total. The van der Waals surface area contributed by atoms with E-state index in [4.69, 9.17) is 4.74 Å². The Balaban J connectivity index is 1.73. The quantitative estimate of drug-likeness (QED) is 0.812. The fourth-order valence-electron chi connectivity index (χ4n) is 4.81. The Kier molecular flexibility index (Phi) is 3.74. The number of allylic oxidation sites excluding steroid dienone is 2. The average molecular weight is 323 g/mol. The van der Waals surface area contributed by atoms with Gasteiger partial charge in [0, 0.05) is 30.5 Å². The molecule has 24 heavy (non-hydrogen) atoms. The lowest BCUT2D eigenvalue weighted by molar-refractivity contribution is -0.0756. The van der Waals surface area contributed by atoms with Gasteiger partial charge in [0.05, 0.1) is 5.60 Å². The summed E-state index contributed by atoms with van der Waals surface area (Å²) in [6, 6.07) is 11.6. The molecular weight excluding hydrogens is 294 g/mol. The number of rotatable bonds is 1. The van der Waals surface area contributed by atoms with Gasteiger partial charge in [-0.3, -0.25) is 0 Å². The molecule has 2 heterocycles. The minimum Gasteiger partial charge on any atom is -0.374 e. The number of piperidine rings is 1. The molecule has 2 fully saturated rings. The summed E-state index contributed by atoms with van der Waals surface area (Å²) in [4.78, 5) is 0. The predicted octanol–water partition coefficient (Wildman–Crippen LogP) is 4.65. The van der Waals surface area contributed by atoms with E-state index in [2.05, 4.69) is 81.6 Å². The van der Waals surface area contributed by atoms with Crippen molar-refractivity contribution >= 4 is 0 Å². The van der Waals surface area contributed by atoms with Crippen LogP contribution >= 0.6 is 0 Å². The molecule has 5 atom stereocenters. The van der Waals surface area contributed by atoms with Gasteiger partial charge in [-0.25, -0.2) is 0 Å². The monoisotopic (exact) mass is 323 g/mol. The lowest BCUT2D eigenvalue weighted by Gasteiger charge is -2.51. The summed E-state index contributed by atoms with van der Waals surface area (Å²) in [6.07, 6.45) is 8.30. The third-order valence-electron chi connectivity index (χ3n) is 6.27. The second-order valence-corrected chi connectivity index (χ2v) is 8.77. The average Bonchev–Trinajstić information content (AvgIpc) is 2.96. The molecule has 4 rings (SSSR count). The topological polar surface area (TPSA) is 21.3 Å². The second kappa shape index (κ2) is 5.57. The first-order valence-corrected chi connectivity index (χ1v) is 9.25. The maximum absolute atomic E-state index is 6.41. The molecule has 1 aliphatic carbocycles. The Morgan fingerprint density at radius 3 is 2.62 bits per heavy atom. The molecule has 0 aromatic heterocycles. The minimum absolute atomic E-state index is 0.0856. The Hall–Kier alpha value is -1.38. The number of fused-ring (bicyclic) bond motifs is 3. The highest BCUT2D eigenvalue weighted by Crippen LogP contribution is 2.52. The van der Waals surface area contributed by atoms with Crippen LogP contribution in [0.15, 0.2) is 54.1 Å². The van der Waals surface area contributed by atoms with E-state index in [1.165, 1.54) is 11.1 Å². The van der Waals surface area contributed by atoms with E-state index in [0.717, 1.165) is 13.0 Å². The summed E-state index contributed by atoms with van der Waals surface area (Å²) in [6.45, 7) is 10.1. The number of hydrogen-bond donors (Lipinski definition) is 1. The van der Waals surface area contributed by atoms with Crippen molar-refractivity contribution in [2.24, 2.45) is 17.3 Å². The van der Waals surface area contributed by atoms with Crippen molar-refractivity contribution in [3.8, 4) is 0 Å². The van der Waals surface area contributed by atoms with E-state index < -0.39 is 0 Å². The highest BCUT2D eigenvalue weighted by molar-refractivity contribution is 5.36. The Labute approximate surface area is 146 Å². The fourth-order valence-corrected chi connectivity index (χ4v) is 4.81. The molecule has 2 aliphatic heterocycles. The van der Waals surface area contributed by atoms with E-state index in [-0.39, 0.29) is 11.0 Å². The zero-order valence-electron chi connectivity index (χ0n) is 15.3. The van der Waals surface area contributed by atoms with Crippen LogP contribution in [0.2, 0.25) is 0 Å². The van der Waals surface area contributed by atoms with Gasteiger partial charge in [-0.1, -0.05) is 69.3 Å². The van der Waals surface area contributed by atoms with Crippen LogP contribution in [0.3, 0.4) is 0 Å². The molecule has 1 aromatic rings. The molecule has 0 radical (unpaired) electrons. The van der Waals surface area contributed by atoms with Gasteiger partial charge in [0.2, 0.25) is 0 Å². The molecular formula is C22H29NO. The van der Waals surface area contributed by atoms with Crippen LogP contribution in [-0.4, -0.2) is 18.2 Å². The van der Waals surface area contributed by atoms with Crippen molar-refractivity contribution in [1.82, 2.24) is 5.32 Å². The molecule has 2 heteroatoms. The van der Waals surface area contributed by atoms with Crippen molar-refractivity contribution in [3.05, 3.63) is 59.7 Å². The van der Waals surface area contributed by atoms with Gasteiger partial charge in [0.15, 0.2) is 0 Å². The van der Waals surface area contributed by atoms with Gasteiger partial charge in [-0.15, -0.1) is 0 Å². The van der Waals surface area contributed by atoms with Crippen LogP contribution in [0.5, 0.6) is 0 Å². The van der Waals surface area contributed by atoms with Crippen LogP contribution in [0.25, 0.3) is 0 Å². The fraction of sp³-hybridized carbons (Fsp3) is 0.545. The highest BCUT2D eigenvalue weighted by atomic mass is 16.5. The van der Waals surface area contributed by atoms with Crippen molar-refractivity contribution in [1.29, 1.82) is 0 Å². The lowest BCUT2D eigenvalue weighted by Crippen LogP contribution is -2.59. The van der Waals surface area contributed by atoms with Crippen LogP contribution in [0.4, 0.5) is 0 Å². The summed E-state index contributed by atoms with van der Waals surface area (Å²) in [5.74, 6) is 0.925. The zero-order chi connectivity index (χ0) is 16.9. The number of ether oxygens (including phenoxy) is 1. The molecule has 3 aliphatic rings. The van der Waals surface area contributed by atoms with Gasteiger partial charge in [0.25, 0.3) is 0 Å². The van der Waals surface area contributed by atoms with Crippen LogP contribution in [-0.2, 0) is 4.74 Å². The smallest absolute Gasteiger partial charge is 0.0782 e. The Bertz CT molecular complexity index is 669. The number of hydrogen-bond acceptors (Lipinski definition) is 2. The maximum Gasteiger partial charge on any atom is 0.0782 e. The molecule has 2 nitrogen and oxygen atoms in total. The van der Waals surface area contributed by atoms with E-state index >= 15 is 0 Å². The summed E-state index contributed by atoms with van der Waals surface area (Å²) >= 11 is 0. The van der Waals surface area contributed by atoms with E-state index in [0.29, 0.717) is 23.9 Å². The molecule has 1 aromatic carbocycles. The minimum atomic E-state index is -0.0856. The van der Waals surface area contributed by atoms with Gasteiger partial charge < -0.3 is 10.1 Å². The van der Waals surface area contributed by atoms with Gasteiger partial charge in [0.1, 0.15) is 0 Å². The first-order valence-electron chi connectivity index (χ1n) is 9.25. The van der Waals surface area contributed by atoms with E-state index in [1.807, 2.05) is 0 Å². The Morgan fingerprint density at radius 2 is 1.92 bits per heavy atom. The summed E-state index contributed by atoms with van der Waals surface area (Å²) in [7, 11) is 0. The van der Waals surface area contributed by atoms with Crippen LogP contribution in [0, 0.1) is 17.3 Å². The second-order valence-electron chi connectivity index (χ2n) is 8.77. The summed E-state index contributed by atoms with van der Waals surface area (Å²) in [5, 5.41) is 3.93. The van der Waals surface area contributed by atoms with Crippen molar-refractivity contribution < 1.29 is 4.74 Å². The largest absolute Gasteiger partial charge is 0.374 e. The molecule has 128 valence electrons. The van der Waals surface area contributed by atoms with E-state index in [1.54, 1.807) is 0 Å². The first-order chi connectivity index (χ1) is 11.4. The first kappa shape index (κ1) is 16.1. The number of benzene rings is 1. The predicted molar refractivity (Wildman–Crippen MR) is 98.7 cm³/mol. The van der Waals surface area contributed by atoms with Crippen molar-refractivity contribution in [3.63, 3.8) is 0 Å². The third kappa shape index (κ3) is 2.48. The standard InChI is InChI=1S/C22H29NO/c1-21(2,3)16-10-11-19-18(14-16)22(4)17(12-13-24-22)20(23-19)15-8-6-5-7-9-15/h5-11,14,17-20,23H,12-13H2,1-4H3/t17-,18?,19?,20-,22-/m0/s1. The molecule has 2 saturated heterocycles. The van der Waals surface area contributed by atoms with Gasteiger partial charge in [-0.2, -0.15) is 0 Å². The SMILES string of the molecule is CC(C)(C)C1=CC2C(C=C1)N[C@@H](c1ccccc1)[C@@H]1CCO[C@]21C. The van der Waals surface area contributed by atoms with Crippen molar-refractivity contribution in [2.45, 2.75) is 51.8 Å². The van der Waals surface area contributed by atoms with Crippen LogP contribution in [0.1, 0.15) is 45.7 Å².